The largest absolute Gasteiger partial charge is 0.481 e. The average molecular weight is 1030 g/mol. The Labute approximate surface area is 421 Å². The molecule has 0 bridgehead atoms. The predicted molar refractivity (Wildman–Crippen MR) is 261 cm³/mol. The van der Waals surface area contributed by atoms with Crippen molar-refractivity contribution in [2.45, 2.75) is 201 Å². The van der Waals surface area contributed by atoms with Gasteiger partial charge in [0.05, 0.1) is 18.6 Å². The first kappa shape index (κ1) is 66.0. The maximum Gasteiger partial charge on any atom is 0.326 e. The second kappa shape index (κ2) is 32.2. The maximum absolute atomic E-state index is 14.0. The van der Waals surface area contributed by atoms with Crippen LogP contribution in [0.2, 0.25) is 0 Å². The number of nitrogens with two attached hydrogens (primary N) is 1. The van der Waals surface area contributed by atoms with Crippen molar-refractivity contribution < 1.29 is 78.3 Å². The third-order valence-electron chi connectivity index (χ3n) is 11.8. The van der Waals surface area contributed by atoms with Gasteiger partial charge >= 0.3 is 17.9 Å². The Hall–Kier alpha value is -5.95. The van der Waals surface area contributed by atoms with Crippen molar-refractivity contribution in [3.63, 3.8) is 0 Å². The number of carbonyl (C=O) groups excluding carboxylic acids is 8. The third kappa shape index (κ3) is 24.0. The summed E-state index contributed by atoms with van der Waals surface area (Å²) in [7, 11) is 0. The van der Waals surface area contributed by atoms with Crippen molar-refractivity contribution in [3.8, 4) is 0 Å². The molecule has 0 rings (SSSR count). The van der Waals surface area contributed by atoms with Gasteiger partial charge in [-0.05, 0) is 69.1 Å². The van der Waals surface area contributed by atoms with Crippen molar-refractivity contribution in [1.29, 1.82) is 0 Å². The first-order valence-electron chi connectivity index (χ1n) is 24.5. The number of aliphatic hydroxyl groups is 2. The Bertz CT molecular complexity index is 1860. The number of nitrogens with one attached hydrogen (secondary N) is 8. The molecule has 13 atom stereocenters. The molecule has 0 aliphatic carbocycles. The molecule has 25 nitrogen and oxygen atoms in total. The Morgan fingerprint density at radius 1 is 0.403 bits per heavy atom. The van der Waals surface area contributed by atoms with Crippen LogP contribution in [0.5, 0.6) is 0 Å². The zero-order valence-electron chi connectivity index (χ0n) is 43.7. The van der Waals surface area contributed by atoms with E-state index in [1.54, 1.807) is 69.2 Å². The van der Waals surface area contributed by atoms with Gasteiger partial charge in [0.15, 0.2) is 0 Å². The summed E-state index contributed by atoms with van der Waals surface area (Å²) in [5, 5.41) is 68.9. The third-order valence-corrected chi connectivity index (χ3v) is 11.8. The zero-order valence-corrected chi connectivity index (χ0v) is 43.7. The Balaban J connectivity index is 6.70. The highest BCUT2D eigenvalue weighted by Crippen LogP contribution is 2.15. The van der Waals surface area contributed by atoms with E-state index in [-0.39, 0.29) is 37.0 Å². The summed E-state index contributed by atoms with van der Waals surface area (Å²) in [6, 6.07) is -13.6. The van der Waals surface area contributed by atoms with Crippen LogP contribution in [-0.4, -0.2) is 157 Å². The summed E-state index contributed by atoms with van der Waals surface area (Å²) in [6.07, 6.45) is -4.51. The van der Waals surface area contributed by atoms with Crippen molar-refractivity contribution in [2.75, 3.05) is 0 Å². The summed E-state index contributed by atoms with van der Waals surface area (Å²) < 4.78 is 0. The highest BCUT2D eigenvalue weighted by atomic mass is 16.4. The molecule has 0 unspecified atom stereocenters. The number of carbonyl (C=O) groups is 11. The molecule has 8 amide bonds. The summed E-state index contributed by atoms with van der Waals surface area (Å²) in [5.41, 5.74) is 5.76. The van der Waals surface area contributed by atoms with Crippen LogP contribution in [0.4, 0.5) is 0 Å². The standard InChI is InChI=1S/C47H83N9O16/c1-13-24(9)36(54-41(65)31(19-23(7)8)52-44(68)35(48)26(11)57)45(69)53-32(20-34(61)62)40(64)51-30(18-22(5)6)43(67)56-38(27(12)58)46(70)49-28(15-16-33(59)60)39(63)50-29(17-21(3)4)42(66)55-37(47(71)72)25(10)14-2/h21-32,35-38,57-58H,13-20,48H2,1-12H3,(H,49,70)(H,50,63)(H,51,64)(H,52,68)(H,53,69)(H,54,65)(H,55,66)(H,56,67)(H,59,60)(H,61,62)(H,71,72)/t24-,25-,26+,27+,28-,29-,30-,31-,32-,35-,36-,37-,38-/m0/s1. The van der Waals surface area contributed by atoms with Gasteiger partial charge in [0.25, 0.3) is 0 Å². The molecule has 15 N–H and O–H groups in total. The second-order valence-electron chi connectivity index (χ2n) is 19.8. The monoisotopic (exact) mass is 1030 g/mol. The fourth-order valence-corrected chi connectivity index (χ4v) is 7.14. The molecule has 0 heterocycles. The summed E-state index contributed by atoms with van der Waals surface area (Å²) in [5.74, 6) is -14.0. The van der Waals surface area contributed by atoms with Crippen LogP contribution in [0.1, 0.15) is 134 Å². The van der Waals surface area contributed by atoms with Gasteiger partial charge in [-0.2, -0.15) is 0 Å². The van der Waals surface area contributed by atoms with E-state index in [0.717, 1.165) is 6.92 Å². The molecule has 0 saturated heterocycles. The minimum absolute atomic E-state index is 0.00720. The van der Waals surface area contributed by atoms with Crippen LogP contribution in [-0.2, 0) is 52.7 Å². The molecule has 0 aliphatic rings. The lowest BCUT2D eigenvalue weighted by Crippen LogP contribution is -2.62. The smallest absolute Gasteiger partial charge is 0.326 e. The van der Waals surface area contributed by atoms with Crippen LogP contribution in [0, 0.1) is 29.6 Å². The lowest BCUT2D eigenvalue weighted by Gasteiger charge is -2.30. The van der Waals surface area contributed by atoms with Gasteiger partial charge in [-0.15, -0.1) is 0 Å². The topological polar surface area (TPSA) is 411 Å². The van der Waals surface area contributed by atoms with E-state index in [9.17, 15) is 78.3 Å². The molecule has 0 radical (unpaired) electrons. The molecule has 412 valence electrons. The number of hydrogen-bond donors (Lipinski definition) is 14. The van der Waals surface area contributed by atoms with Gasteiger partial charge in [0.1, 0.15) is 54.4 Å². The van der Waals surface area contributed by atoms with E-state index < -0.39 is 163 Å². The number of carboxylic acids is 3. The second-order valence-corrected chi connectivity index (χ2v) is 19.8. The van der Waals surface area contributed by atoms with Crippen molar-refractivity contribution in [3.05, 3.63) is 0 Å². The normalized spacial score (nSPS) is 16.9. The van der Waals surface area contributed by atoms with Crippen LogP contribution in [0.25, 0.3) is 0 Å². The number of aliphatic hydroxyl groups excluding tert-OH is 2. The molecule has 0 aromatic rings. The summed E-state index contributed by atoms with van der Waals surface area (Å²) >= 11 is 0. The fraction of sp³-hybridized carbons (Fsp3) is 0.766. The Kier molecular flexibility index (Phi) is 29.5. The molecule has 0 fully saturated rings. The zero-order chi connectivity index (χ0) is 55.9. The molecule has 0 aromatic carbocycles. The fourth-order valence-electron chi connectivity index (χ4n) is 7.14. The van der Waals surface area contributed by atoms with E-state index in [1.165, 1.54) is 6.92 Å². The average Bonchev–Trinajstić information content (AvgIpc) is 3.27. The van der Waals surface area contributed by atoms with Crippen LogP contribution in [0.3, 0.4) is 0 Å². The minimum atomic E-state index is -1.87. The van der Waals surface area contributed by atoms with Crippen LogP contribution in [0.15, 0.2) is 0 Å². The first-order valence-corrected chi connectivity index (χ1v) is 24.5. The van der Waals surface area contributed by atoms with Crippen molar-refractivity contribution in [1.82, 2.24) is 42.5 Å². The minimum Gasteiger partial charge on any atom is -0.481 e. The van der Waals surface area contributed by atoms with Gasteiger partial charge < -0.3 is 73.8 Å². The summed E-state index contributed by atoms with van der Waals surface area (Å²) in [4.78, 5) is 145. The van der Waals surface area contributed by atoms with E-state index in [2.05, 4.69) is 42.5 Å². The number of amides is 8. The van der Waals surface area contributed by atoms with Gasteiger partial charge in [-0.1, -0.05) is 82.1 Å². The van der Waals surface area contributed by atoms with E-state index in [1.807, 2.05) is 0 Å². The van der Waals surface area contributed by atoms with E-state index in [4.69, 9.17) is 5.73 Å². The molecular weight excluding hydrogens is 947 g/mol. The molecule has 25 heteroatoms. The number of hydrogen-bond acceptors (Lipinski definition) is 14. The molecule has 0 saturated carbocycles. The number of rotatable bonds is 34. The number of aliphatic carboxylic acids is 3. The lowest BCUT2D eigenvalue weighted by molar-refractivity contribution is -0.144. The molecule has 0 spiro atoms. The highest BCUT2D eigenvalue weighted by molar-refractivity contribution is 5.99. The van der Waals surface area contributed by atoms with Gasteiger partial charge in [0, 0.05) is 6.42 Å². The highest BCUT2D eigenvalue weighted by Gasteiger charge is 2.38. The number of carboxylic acid groups (broad SMARTS) is 3. The van der Waals surface area contributed by atoms with Crippen molar-refractivity contribution in [2.24, 2.45) is 35.3 Å². The van der Waals surface area contributed by atoms with E-state index >= 15 is 0 Å². The predicted octanol–water partition coefficient (Wildman–Crippen LogP) is -1.39. The SMILES string of the molecule is CC[C@H](C)[C@H](NC(=O)[C@H](CC(C)C)NC(=O)[C@H](CCC(=O)O)NC(=O)[C@@H](NC(=O)[C@H](CC(C)C)NC(=O)[C@H](CC(=O)O)NC(=O)[C@@H](NC(=O)[C@H](CC(C)C)NC(=O)[C@@H](N)[C@@H](C)O)[C@@H](C)CC)[C@@H](C)O)C(=O)O. The summed E-state index contributed by atoms with van der Waals surface area (Å²) in [6.45, 7) is 19.4. The van der Waals surface area contributed by atoms with Gasteiger partial charge in [-0.25, -0.2) is 4.79 Å². The molecule has 72 heavy (non-hydrogen) atoms. The van der Waals surface area contributed by atoms with Gasteiger partial charge in [0.2, 0.25) is 47.3 Å². The lowest BCUT2D eigenvalue weighted by atomic mass is 9.96. The maximum atomic E-state index is 14.0. The molecule has 0 aromatic heterocycles. The molecule has 0 aliphatic heterocycles. The van der Waals surface area contributed by atoms with Gasteiger partial charge in [-0.3, -0.25) is 47.9 Å². The van der Waals surface area contributed by atoms with Crippen LogP contribution >= 0.6 is 0 Å². The van der Waals surface area contributed by atoms with Crippen LogP contribution < -0.4 is 48.3 Å². The quantitative estimate of drug-likeness (QED) is 0.0353. The first-order chi connectivity index (χ1) is 33.3. The van der Waals surface area contributed by atoms with E-state index in [0.29, 0.717) is 12.8 Å². The Morgan fingerprint density at radius 2 is 0.736 bits per heavy atom. The van der Waals surface area contributed by atoms with Crippen molar-refractivity contribution >= 4 is 65.2 Å². The Morgan fingerprint density at radius 3 is 1.10 bits per heavy atom. The molecular formula is C47H83N9O16.